The van der Waals surface area contributed by atoms with E-state index in [4.69, 9.17) is 4.74 Å². The van der Waals surface area contributed by atoms with Gasteiger partial charge in [-0.1, -0.05) is 17.7 Å². The first kappa shape index (κ1) is 26.5. The van der Waals surface area contributed by atoms with E-state index >= 15 is 4.39 Å². The summed E-state index contributed by atoms with van der Waals surface area (Å²) in [6, 6.07) is 10.7. The van der Waals surface area contributed by atoms with Crippen LogP contribution in [0, 0.1) is 29.0 Å². The van der Waals surface area contributed by atoms with Gasteiger partial charge in [-0.15, -0.1) is 5.10 Å². The molecule has 216 valence electrons. The van der Waals surface area contributed by atoms with E-state index in [2.05, 4.69) is 26.3 Å². The number of cyclic esters (lactones) is 1. The molecule has 1 aromatic carbocycles. The van der Waals surface area contributed by atoms with Crippen LogP contribution in [0.5, 0.6) is 0 Å². The normalized spacial score (nSPS) is 27.0. The summed E-state index contributed by atoms with van der Waals surface area (Å²) in [6.45, 7) is 4.19. The number of nitrogens with zero attached hydrogens (tertiary/aromatic N) is 8. The maximum atomic E-state index is 15.3. The molecule has 4 aliphatic rings. The fourth-order valence-electron chi connectivity index (χ4n) is 6.92. The van der Waals surface area contributed by atoms with Crippen molar-refractivity contribution in [2.45, 2.75) is 37.3 Å². The second-order valence-corrected chi connectivity index (χ2v) is 11.7. The largest absolute Gasteiger partial charge is 0.442 e. The van der Waals surface area contributed by atoms with Gasteiger partial charge in [-0.2, -0.15) is 5.26 Å². The van der Waals surface area contributed by atoms with E-state index in [-0.39, 0.29) is 24.3 Å². The highest BCUT2D eigenvalue weighted by atomic mass is 19.1. The Morgan fingerprint density at radius 3 is 2.60 bits per heavy atom. The Hall–Kier alpha value is -4.37. The molecule has 4 fully saturated rings. The Labute approximate surface area is 242 Å². The molecule has 42 heavy (non-hydrogen) atoms. The zero-order valence-corrected chi connectivity index (χ0v) is 23.1. The van der Waals surface area contributed by atoms with E-state index in [1.54, 1.807) is 47.5 Å². The number of benzene rings is 1. The zero-order valence-electron chi connectivity index (χ0n) is 23.1. The Kier molecular flexibility index (Phi) is 6.61. The smallest absolute Gasteiger partial charge is 0.414 e. The van der Waals surface area contributed by atoms with Crippen molar-refractivity contribution >= 4 is 17.7 Å². The molecule has 5 heterocycles. The van der Waals surface area contributed by atoms with Crippen LogP contribution in [0.3, 0.4) is 0 Å². The highest BCUT2D eigenvalue weighted by molar-refractivity contribution is 5.90. The molecule has 0 bridgehead atoms. The van der Waals surface area contributed by atoms with Crippen molar-refractivity contribution in [3.05, 3.63) is 60.4 Å². The molecule has 2 aromatic heterocycles. The number of carbonyl (C=O) groups is 2. The molecule has 7 rings (SSSR count). The van der Waals surface area contributed by atoms with Crippen LogP contribution in [0.1, 0.15) is 25.0 Å². The minimum Gasteiger partial charge on any atom is -0.442 e. The van der Waals surface area contributed by atoms with Crippen molar-refractivity contribution in [2.24, 2.45) is 11.8 Å². The lowest BCUT2D eigenvalue weighted by molar-refractivity contribution is -0.132. The molecule has 0 unspecified atom stereocenters. The Morgan fingerprint density at radius 2 is 1.93 bits per heavy atom. The van der Waals surface area contributed by atoms with Crippen LogP contribution in [-0.2, 0) is 21.5 Å². The van der Waals surface area contributed by atoms with Crippen molar-refractivity contribution < 1.29 is 18.7 Å². The number of hydrogen-bond donors (Lipinski definition) is 0. The number of carbonyl (C=O) groups excluding carboxylic acids is 2. The lowest BCUT2D eigenvalue weighted by Crippen LogP contribution is -2.43. The van der Waals surface area contributed by atoms with Gasteiger partial charge in [0.25, 0.3) is 0 Å². The number of hydrogen-bond acceptors (Lipinski definition) is 8. The van der Waals surface area contributed by atoms with Crippen LogP contribution in [0.15, 0.2) is 48.9 Å². The van der Waals surface area contributed by atoms with Crippen molar-refractivity contribution in [2.75, 3.05) is 44.2 Å². The number of fused-ring (bicyclic) bond motifs is 1. The van der Waals surface area contributed by atoms with Crippen LogP contribution in [0.2, 0.25) is 0 Å². The summed E-state index contributed by atoms with van der Waals surface area (Å²) in [7, 11) is 0. The number of anilines is 1. The van der Waals surface area contributed by atoms with Gasteiger partial charge in [-0.25, -0.2) is 13.9 Å². The average molecular weight is 571 g/mol. The molecule has 1 saturated carbocycles. The maximum Gasteiger partial charge on any atom is 0.414 e. The molecule has 12 heteroatoms. The summed E-state index contributed by atoms with van der Waals surface area (Å²) < 4.78 is 22.3. The highest BCUT2D eigenvalue weighted by Gasteiger charge is 2.71. The van der Waals surface area contributed by atoms with Crippen LogP contribution in [-0.4, -0.2) is 87.2 Å². The van der Waals surface area contributed by atoms with Gasteiger partial charge in [0.05, 0.1) is 43.3 Å². The summed E-state index contributed by atoms with van der Waals surface area (Å²) >= 11 is 0. The third-order valence-corrected chi connectivity index (χ3v) is 9.23. The SMILES string of the molecule is N#C[C@]1(c2ccc(-c3ccc(N4C[C@H](Cn5ccnn5)OC4=O)cc3F)cn2)[C@@H]2CN(C(=O)CN3CCCCC3)C[C@@H]21. The number of ether oxygens (including phenoxy) is 1. The number of pyridine rings is 1. The van der Waals surface area contributed by atoms with Crippen molar-refractivity contribution in [1.82, 2.24) is 29.8 Å². The quantitative estimate of drug-likeness (QED) is 0.425. The molecule has 3 aromatic rings. The van der Waals surface area contributed by atoms with Gasteiger partial charge in [0.1, 0.15) is 17.3 Å². The fourth-order valence-corrected chi connectivity index (χ4v) is 6.92. The molecule has 3 aliphatic heterocycles. The standard InChI is InChI=1S/C30H31FN8O3/c31-26-12-21(39-15-22(42-29(39)41)14-38-11-8-34-35-38)5-6-23(26)20-4-7-27(33-13-20)30(19-32)24-16-37(17-25(24)30)28(40)18-36-9-2-1-3-10-36/h4-8,11-13,22,24-25H,1-3,9-10,14-18H2/t22-,24-,25+,30+/m0/s1. The first-order valence-electron chi connectivity index (χ1n) is 14.5. The van der Waals surface area contributed by atoms with Crippen LogP contribution < -0.4 is 4.90 Å². The summed E-state index contributed by atoms with van der Waals surface area (Å²) in [5.74, 6) is -0.214. The van der Waals surface area contributed by atoms with Gasteiger partial charge >= 0.3 is 6.09 Å². The molecule has 0 radical (unpaired) electrons. The predicted octanol–water partition coefficient (Wildman–Crippen LogP) is 2.84. The number of aromatic nitrogens is 4. The number of likely N-dealkylation sites (tertiary alicyclic amines) is 2. The summed E-state index contributed by atoms with van der Waals surface area (Å²) in [4.78, 5) is 35.5. The molecule has 3 saturated heterocycles. The molecular weight excluding hydrogens is 539 g/mol. The predicted molar refractivity (Wildman–Crippen MR) is 148 cm³/mol. The van der Waals surface area contributed by atoms with Gasteiger partial charge in [-0.3, -0.25) is 19.6 Å². The van der Waals surface area contributed by atoms with Gasteiger partial charge in [0, 0.05) is 48.4 Å². The minimum absolute atomic E-state index is 0.0655. The van der Waals surface area contributed by atoms with Crippen LogP contribution in [0.4, 0.5) is 14.9 Å². The molecule has 1 aliphatic carbocycles. The molecule has 4 atom stereocenters. The second kappa shape index (κ2) is 10.5. The lowest BCUT2D eigenvalue weighted by Gasteiger charge is -2.29. The topological polar surface area (TPSA) is 120 Å². The second-order valence-electron chi connectivity index (χ2n) is 11.7. The third-order valence-electron chi connectivity index (χ3n) is 9.23. The van der Waals surface area contributed by atoms with Gasteiger partial charge < -0.3 is 9.64 Å². The van der Waals surface area contributed by atoms with E-state index < -0.39 is 23.4 Å². The summed E-state index contributed by atoms with van der Waals surface area (Å²) in [6.07, 6.45) is 7.39. The average Bonchev–Trinajstić information content (AvgIpc) is 3.51. The van der Waals surface area contributed by atoms with Gasteiger partial charge in [0.2, 0.25) is 5.91 Å². The van der Waals surface area contributed by atoms with Gasteiger partial charge in [-0.05, 0) is 50.2 Å². The Balaban J connectivity index is 1.00. The summed E-state index contributed by atoms with van der Waals surface area (Å²) in [5.41, 5.74) is 1.29. The van der Waals surface area contributed by atoms with Crippen molar-refractivity contribution in [1.29, 1.82) is 5.26 Å². The molecule has 0 N–H and O–H groups in total. The third kappa shape index (κ3) is 4.58. The van der Waals surface area contributed by atoms with Gasteiger partial charge in [0.15, 0.2) is 0 Å². The lowest BCUT2D eigenvalue weighted by atomic mass is 9.95. The number of piperidine rings is 2. The first-order chi connectivity index (χ1) is 20.5. The minimum atomic E-state index is -0.707. The molecule has 2 amide bonds. The van der Waals surface area contributed by atoms with Crippen molar-refractivity contribution in [3.63, 3.8) is 0 Å². The summed E-state index contributed by atoms with van der Waals surface area (Å²) in [5, 5.41) is 17.8. The van der Waals surface area contributed by atoms with Crippen LogP contribution in [0.25, 0.3) is 11.1 Å². The van der Waals surface area contributed by atoms with Crippen molar-refractivity contribution in [3.8, 4) is 17.2 Å². The number of halogens is 1. The Morgan fingerprint density at radius 1 is 1.12 bits per heavy atom. The monoisotopic (exact) mass is 570 g/mol. The van der Waals surface area contributed by atoms with E-state index in [0.717, 1.165) is 25.9 Å². The van der Waals surface area contributed by atoms with E-state index in [1.165, 1.54) is 17.4 Å². The highest BCUT2D eigenvalue weighted by Crippen LogP contribution is 2.62. The fraction of sp³-hybridized carbons (Fsp3) is 0.467. The zero-order chi connectivity index (χ0) is 28.8. The maximum absolute atomic E-state index is 15.3. The molecule has 11 nitrogen and oxygen atoms in total. The van der Waals surface area contributed by atoms with Crippen LogP contribution >= 0.6 is 0 Å². The number of rotatable bonds is 7. The number of amides is 2. The molecule has 0 spiro atoms. The van der Waals surface area contributed by atoms with E-state index in [1.807, 2.05) is 4.90 Å². The van der Waals surface area contributed by atoms with E-state index in [0.29, 0.717) is 48.7 Å². The molecular formula is C30H31FN8O3. The number of nitriles is 1. The van der Waals surface area contributed by atoms with E-state index in [9.17, 15) is 14.9 Å². The first-order valence-corrected chi connectivity index (χ1v) is 14.5. The Bertz CT molecular complexity index is 1520.